The summed E-state index contributed by atoms with van der Waals surface area (Å²) >= 11 is 0. The number of amides is 1. The van der Waals surface area contributed by atoms with E-state index >= 15 is 0 Å². The molecule has 1 aromatic heterocycles. The molecule has 1 aliphatic carbocycles. The lowest BCUT2D eigenvalue weighted by atomic mass is 10.2. The van der Waals surface area contributed by atoms with Crippen LogP contribution in [-0.2, 0) is 10.3 Å². The van der Waals surface area contributed by atoms with Crippen LogP contribution in [0.4, 0.5) is 0 Å². The molecule has 2 aliphatic rings. The molecule has 1 saturated heterocycles. The Balaban J connectivity index is 1.84. The third-order valence-corrected chi connectivity index (χ3v) is 3.41. The van der Waals surface area contributed by atoms with E-state index in [0.29, 0.717) is 0 Å². The highest BCUT2D eigenvalue weighted by molar-refractivity contribution is 5.87. The summed E-state index contributed by atoms with van der Waals surface area (Å²) in [4.78, 5) is 14.3. The van der Waals surface area contributed by atoms with Crippen molar-refractivity contribution in [2.75, 3.05) is 13.1 Å². The third kappa shape index (κ3) is 1.28. The number of nitrogens with zero attached hydrogens (tertiary/aromatic N) is 3. The largest absolute Gasteiger partial charge is 0.341 e. The van der Waals surface area contributed by atoms with Crippen LogP contribution < -0.4 is 0 Å². The van der Waals surface area contributed by atoms with Gasteiger partial charge in [0.1, 0.15) is 5.54 Å². The molecule has 2 fully saturated rings. The van der Waals surface area contributed by atoms with Gasteiger partial charge in [-0.2, -0.15) is 5.10 Å². The second-order valence-electron chi connectivity index (χ2n) is 4.42. The first-order chi connectivity index (χ1) is 7.33. The van der Waals surface area contributed by atoms with E-state index in [4.69, 9.17) is 0 Å². The number of aromatic nitrogens is 2. The summed E-state index contributed by atoms with van der Waals surface area (Å²) in [7, 11) is 0. The molecule has 2 heterocycles. The molecule has 79 valence electrons. The molecule has 0 atom stereocenters. The Bertz CT molecular complexity index is 361. The van der Waals surface area contributed by atoms with Crippen molar-refractivity contribution in [3.05, 3.63) is 18.5 Å². The number of hydrogen-bond donors (Lipinski definition) is 0. The average Bonchev–Trinajstić information content (AvgIpc) is 2.78. The van der Waals surface area contributed by atoms with E-state index in [9.17, 15) is 4.79 Å². The van der Waals surface area contributed by atoms with Crippen LogP contribution in [0.1, 0.15) is 25.7 Å². The summed E-state index contributed by atoms with van der Waals surface area (Å²) in [6.07, 6.45) is 7.55. The molecule has 1 amide bonds. The van der Waals surface area contributed by atoms with E-state index in [1.807, 2.05) is 4.90 Å². The number of carbonyl (C=O) groups excluding carboxylic acids is 1. The molecule has 1 saturated carbocycles. The molecule has 0 spiro atoms. The van der Waals surface area contributed by atoms with Crippen molar-refractivity contribution in [1.29, 1.82) is 0 Å². The predicted octanol–water partition coefficient (Wildman–Crippen LogP) is 0.795. The van der Waals surface area contributed by atoms with E-state index in [1.165, 1.54) is 0 Å². The Hall–Kier alpha value is -1.32. The maximum Gasteiger partial charge on any atom is 0.250 e. The van der Waals surface area contributed by atoms with Gasteiger partial charge in [-0.25, -0.2) is 0 Å². The lowest BCUT2D eigenvalue weighted by Crippen LogP contribution is -2.40. The minimum atomic E-state index is -0.343. The smallest absolute Gasteiger partial charge is 0.250 e. The van der Waals surface area contributed by atoms with Crippen LogP contribution in [0, 0.1) is 6.07 Å². The van der Waals surface area contributed by atoms with Gasteiger partial charge in [0.25, 0.3) is 5.91 Å². The highest BCUT2D eigenvalue weighted by Crippen LogP contribution is 2.44. The Labute approximate surface area is 88.9 Å². The summed E-state index contributed by atoms with van der Waals surface area (Å²) in [6.45, 7) is 1.84. The Morgan fingerprint density at radius 2 is 2.07 bits per heavy atom. The molecule has 1 radical (unpaired) electrons. The lowest BCUT2D eigenvalue weighted by Gasteiger charge is -2.22. The predicted molar refractivity (Wildman–Crippen MR) is 54.1 cm³/mol. The fourth-order valence-corrected chi connectivity index (χ4v) is 2.34. The molecule has 4 nitrogen and oxygen atoms in total. The molecule has 0 bridgehead atoms. The molecule has 1 aromatic rings. The summed E-state index contributed by atoms with van der Waals surface area (Å²) in [5.41, 5.74) is -0.343. The first kappa shape index (κ1) is 8.95. The zero-order chi connectivity index (χ0) is 10.3. The Morgan fingerprint density at radius 1 is 1.33 bits per heavy atom. The summed E-state index contributed by atoms with van der Waals surface area (Å²) in [5, 5.41) is 4.16. The minimum Gasteiger partial charge on any atom is -0.341 e. The van der Waals surface area contributed by atoms with Gasteiger partial charge in [-0.15, -0.1) is 0 Å². The van der Waals surface area contributed by atoms with E-state index in [2.05, 4.69) is 11.2 Å². The number of rotatable bonds is 2. The molecule has 3 rings (SSSR count). The quantitative estimate of drug-likeness (QED) is 0.714. The molecule has 1 aliphatic heterocycles. The van der Waals surface area contributed by atoms with E-state index in [0.717, 1.165) is 38.8 Å². The standard InChI is InChI=1S/C11H14N3O/c15-10(13-7-1-2-8-13)11(4-5-11)14-9-3-6-12-14/h6,9H,1-2,4-5,7-8H2. The van der Waals surface area contributed by atoms with Crippen LogP contribution in [0.2, 0.25) is 0 Å². The molecule has 4 heteroatoms. The Morgan fingerprint density at radius 3 is 2.60 bits per heavy atom. The van der Waals surface area contributed by atoms with Crippen molar-refractivity contribution < 1.29 is 4.79 Å². The van der Waals surface area contributed by atoms with Crippen LogP contribution in [-0.4, -0.2) is 33.7 Å². The third-order valence-electron chi connectivity index (χ3n) is 3.41. The Kier molecular flexibility index (Phi) is 1.84. The van der Waals surface area contributed by atoms with Gasteiger partial charge in [-0.3, -0.25) is 9.48 Å². The van der Waals surface area contributed by atoms with Crippen LogP contribution >= 0.6 is 0 Å². The normalized spacial score (nSPS) is 23.1. The van der Waals surface area contributed by atoms with Gasteiger partial charge in [-0.1, -0.05) is 0 Å². The molecule has 0 N–H and O–H groups in total. The zero-order valence-electron chi connectivity index (χ0n) is 8.65. The van der Waals surface area contributed by atoms with Crippen LogP contribution in [0.25, 0.3) is 0 Å². The van der Waals surface area contributed by atoms with Crippen molar-refractivity contribution in [2.24, 2.45) is 0 Å². The zero-order valence-corrected chi connectivity index (χ0v) is 8.65. The summed E-state index contributed by atoms with van der Waals surface area (Å²) in [5.74, 6) is 0.261. The second-order valence-corrected chi connectivity index (χ2v) is 4.42. The van der Waals surface area contributed by atoms with E-state index in [-0.39, 0.29) is 11.4 Å². The maximum absolute atomic E-state index is 12.3. The molecule has 15 heavy (non-hydrogen) atoms. The van der Waals surface area contributed by atoms with Gasteiger partial charge >= 0.3 is 0 Å². The van der Waals surface area contributed by atoms with Crippen LogP contribution in [0.3, 0.4) is 0 Å². The monoisotopic (exact) mass is 204 g/mol. The van der Waals surface area contributed by atoms with E-state index in [1.54, 1.807) is 17.1 Å². The number of hydrogen-bond acceptors (Lipinski definition) is 2. The molecular weight excluding hydrogens is 190 g/mol. The van der Waals surface area contributed by atoms with Crippen molar-refractivity contribution >= 4 is 5.91 Å². The van der Waals surface area contributed by atoms with Crippen molar-refractivity contribution in [2.45, 2.75) is 31.2 Å². The number of likely N-dealkylation sites (tertiary alicyclic amines) is 1. The number of carbonyl (C=O) groups is 1. The average molecular weight is 204 g/mol. The fraction of sp³-hybridized carbons (Fsp3) is 0.636. The summed E-state index contributed by atoms with van der Waals surface area (Å²) < 4.78 is 1.79. The van der Waals surface area contributed by atoms with Crippen molar-refractivity contribution in [3.63, 3.8) is 0 Å². The minimum absolute atomic E-state index is 0.261. The van der Waals surface area contributed by atoms with E-state index < -0.39 is 0 Å². The highest BCUT2D eigenvalue weighted by Gasteiger charge is 2.54. The summed E-state index contributed by atoms with van der Waals surface area (Å²) in [6, 6.07) is 2.90. The molecule has 0 unspecified atom stereocenters. The van der Waals surface area contributed by atoms with Crippen LogP contribution in [0.15, 0.2) is 12.4 Å². The van der Waals surface area contributed by atoms with Gasteiger partial charge in [0.05, 0.1) is 6.20 Å². The van der Waals surface area contributed by atoms with Gasteiger partial charge in [0.2, 0.25) is 0 Å². The topological polar surface area (TPSA) is 38.1 Å². The van der Waals surface area contributed by atoms with Crippen molar-refractivity contribution in [1.82, 2.24) is 14.7 Å². The second kappa shape index (κ2) is 3.08. The van der Waals surface area contributed by atoms with Crippen LogP contribution in [0.5, 0.6) is 0 Å². The van der Waals surface area contributed by atoms with Gasteiger partial charge in [0.15, 0.2) is 0 Å². The van der Waals surface area contributed by atoms with Gasteiger partial charge in [0, 0.05) is 25.4 Å². The highest BCUT2D eigenvalue weighted by atomic mass is 16.2. The van der Waals surface area contributed by atoms with Crippen molar-refractivity contribution in [3.8, 4) is 0 Å². The lowest BCUT2D eigenvalue weighted by molar-refractivity contribution is -0.135. The first-order valence-corrected chi connectivity index (χ1v) is 5.53. The SMILES string of the molecule is O=C(N1CCCC1)C1(n2c[c]cn2)CC1. The van der Waals surface area contributed by atoms with Gasteiger partial charge in [-0.05, 0) is 25.7 Å². The van der Waals surface area contributed by atoms with Gasteiger partial charge < -0.3 is 4.90 Å². The fourth-order valence-electron chi connectivity index (χ4n) is 2.34. The maximum atomic E-state index is 12.3. The molecular formula is C11H14N3O. The molecule has 0 aromatic carbocycles. The first-order valence-electron chi connectivity index (χ1n) is 5.53.